The Bertz CT molecular complexity index is 496. The first kappa shape index (κ1) is 16.0. The van der Waals surface area contributed by atoms with Crippen LogP contribution in [0.25, 0.3) is 0 Å². The lowest BCUT2D eigenvalue weighted by molar-refractivity contribution is -0.139. The Labute approximate surface area is 119 Å². The molecule has 1 unspecified atom stereocenters. The molecule has 0 radical (unpaired) electrons. The first-order valence-corrected chi connectivity index (χ1v) is 6.76. The van der Waals surface area contributed by atoms with Crippen molar-refractivity contribution in [3.8, 4) is 0 Å². The first-order chi connectivity index (χ1) is 9.40. The zero-order chi connectivity index (χ0) is 15.3. The minimum Gasteiger partial charge on any atom is -0.449 e. The number of anilines is 1. The normalized spacial score (nSPS) is 11.8. The molecule has 0 spiro atoms. The molecule has 1 aromatic rings. The highest BCUT2D eigenvalue weighted by molar-refractivity contribution is 5.93. The van der Waals surface area contributed by atoms with Gasteiger partial charge in [0, 0.05) is 18.8 Å². The van der Waals surface area contributed by atoms with Crippen molar-refractivity contribution in [3.63, 3.8) is 0 Å². The Kier molecular flexibility index (Phi) is 5.55. The minimum atomic E-state index is -0.792. The summed E-state index contributed by atoms with van der Waals surface area (Å²) < 4.78 is 5.23. The number of rotatable bonds is 5. The minimum absolute atomic E-state index is 0.184. The number of hydrogen-bond acceptors (Lipinski definition) is 4. The van der Waals surface area contributed by atoms with E-state index < -0.39 is 12.1 Å². The van der Waals surface area contributed by atoms with Gasteiger partial charge in [-0.15, -0.1) is 0 Å². The van der Waals surface area contributed by atoms with Crippen molar-refractivity contribution in [2.45, 2.75) is 33.8 Å². The molecule has 0 saturated heterocycles. The second-order valence-electron chi connectivity index (χ2n) is 4.63. The summed E-state index contributed by atoms with van der Waals surface area (Å²) in [6.45, 7) is 8.34. The van der Waals surface area contributed by atoms with Crippen LogP contribution in [-0.4, -0.2) is 36.0 Å². The predicted molar refractivity (Wildman–Crippen MR) is 78.4 cm³/mol. The number of nitrogens with two attached hydrogens (primary N) is 1. The molecular formula is C15H22N2O3. The number of carbonyl (C=O) groups is 2. The summed E-state index contributed by atoms with van der Waals surface area (Å²) >= 11 is 0. The summed E-state index contributed by atoms with van der Waals surface area (Å²) in [4.78, 5) is 25.7. The van der Waals surface area contributed by atoms with Crippen LogP contribution in [0, 0.1) is 6.92 Å². The van der Waals surface area contributed by atoms with Gasteiger partial charge in [-0.2, -0.15) is 0 Å². The summed E-state index contributed by atoms with van der Waals surface area (Å²) in [6, 6.07) is 4.95. The van der Waals surface area contributed by atoms with Crippen LogP contribution in [0.5, 0.6) is 0 Å². The number of ether oxygens (including phenoxy) is 1. The highest BCUT2D eigenvalue weighted by atomic mass is 16.5. The molecule has 20 heavy (non-hydrogen) atoms. The van der Waals surface area contributed by atoms with Crippen LogP contribution >= 0.6 is 0 Å². The van der Waals surface area contributed by atoms with Crippen LogP contribution in [0.1, 0.15) is 36.7 Å². The van der Waals surface area contributed by atoms with E-state index in [9.17, 15) is 9.59 Å². The number of likely N-dealkylation sites (N-methyl/N-ethyl adjacent to an activating group) is 1. The second kappa shape index (κ2) is 6.93. The van der Waals surface area contributed by atoms with Crippen molar-refractivity contribution in [2.24, 2.45) is 0 Å². The lowest BCUT2D eigenvalue weighted by Crippen LogP contribution is -2.39. The van der Waals surface area contributed by atoms with Gasteiger partial charge in [0.1, 0.15) is 0 Å². The average molecular weight is 278 g/mol. The van der Waals surface area contributed by atoms with Gasteiger partial charge in [0.15, 0.2) is 6.10 Å². The van der Waals surface area contributed by atoms with E-state index in [1.165, 1.54) is 0 Å². The average Bonchev–Trinajstić information content (AvgIpc) is 2.39. The predicted octanol–water partition coefficient (Wildman–Crippen LogP) is 1.99. The van der Waals surface area contributed by atoms with E-state index in [1.807, 2.05) is 13.8 Å². The molecule has 1 atom stereocenters. The Morgan fingerprint density at radius 3 is 2.40 bits per heavy atom. The third kappa shape index (κ3) is 3.73. The Balaban J connectivity index is 2.77. The van der Waals surface area contributed by atoms with E-state index in [2.05, 4.69) is 0 Å². The smallest absolute Gasteiger partial charge is 0.339 e. The maximum atomic E-state index is 12.1. The van der Waals surface area contributed by atoms with Gasteiger partial charge in [-0.25, -0.2) is 4.79 Å². The number of hydrogen-bond donors (Lipinski definition) is 1. The van der Waals surface area contributed by atoms with Crippen molar-refractivity contribution < 1.29 is 14.3 Å². The highest BCUT2D eigenvalue weighted by Gasteiger charge is 2.23. The van der Waals surface area contributed by atoms with Crippen LogP contribution in [-0.2, 0) is 9.53 Å². The maximum absolute atomic E-state index is 12.1. The van der Waals surface area contributed by atoms with E-state index in [0.29, 0.717) is 24.3 Å². The fourth-order valence-corrected chi connectivity index (χ4v) is 1.98. The second-order valence-corrected chi connectivity index (χ2v) is 4.63. The van der Waals surface area contributed by atoms with E-state index in [0.717, 1.165) is 5.56 Å². The molecule has 0 saturated carbocycles. The fraction of sp³-hybridized carbons (Fsp3) is 0.467. The van der Waals surface area contributed by atoms with Crippen LogP contribution in [0.3, 0.4) is 0 Å². The molecule has 110 valence electrons. The zero-order valence-corrected chi connectivity index (χ0v) is 12.5. The number of carbonyl (C=O) groups excluding carboxylic acids is 2. The van der Waals surface area contributed by atoms with Gasteiger partial charge in [-0.3, -0.25) is 4.79 Å². The van der Waals surface area contributed by atoms with Crippen molar-refractivity contribution in [3.05, 3.63) is 29.3 Å². The monoisotopic (exact) mass is 278 g/mol. The summed E-state index contributed by atoms with van der Waals surface area (Å²) in [5, 5.41) is 0. The quantitative estimate of drug-likeness (QED) is 0.660. The van der Waals surface area contributed by atoms with E-state index in [-0.39, 0.29) is 5.91 Å². The Morgan fingerprint density at radius 2 is 1.90 bits per heavy atom. The van der Waals surface area contributed by atoms with Crippen molar-refractivity contribution in [2.75, 3.05) is 18.8 Å². The van der Waals surface area contributed by atoms with Gasteiger partial charge in [-0.05, 0) is 51.5 Å². The van der Waals surface area contributed by atoms with E-state index in [1.54, 1.807) is 36.9 Å². The standard InChI is InChI=1S/C15H22N2O3/c1-5-17(6-2)14(18)11(4)20-15(19)13-8-7-12(16)9-10(13)3/h7-9,11H,5-6,16H2,1-4H3. The number of nitrogen functional groups attached to an aromatic ring is 1. The molecule has 1 amide bonds. The molecule has 0 heterocycles. The maximum Gasteiger partial charge on any atom is 0.339 e. The van der Waals surface area contributed by atoms with Crippen molar-refractivity contribution in [1.82, 2.24) is 4.90 Å². The van der Waals surface area contributed by atoms with Crippen molar-refractivity contribution in [1.29, 1.82) is 0 Å². The molecule has 0 aliphatic carbocycles. The number of amides is 1. The highest BCUT2D eigenvalue weighted by Crippen LogP contribution is 2.14. The molecule has 0 aromatic heterocycles. The SMILES string of the molecule is CCN(CC)C(=O)C(C)OC(=O)c1ccc(N)cc1C. The summed E-state index contributed by atoms with van der Waals surface area (Å²) in [5.41, 5.74) is 7.39. The molecule has 5 nitrogen and oxygen atoms in total. The first-order valence-electron chi connectivity index (χ1n) is 6.76. The lowest BCUT2D eigenvalue weighted by atomic mass is 10.1. The van der Waals surface area contributed by atoms with Gasteiger partial charge in [0.2, 0.25) is 0 Å². The van der Waals surface area contributed by atoms with Crippen LogP contribution in [0.4, 0.5) is 5.69 Å². The van der Waals surface area contributed by atoms with Gasteiger partial charge in [0.25, 0.3) is 5.91 Å². The largest absolute Gasteiger partial charge is 0.449 e. The van der Waals surface area contributed by atoms with Crippen LogP contribution in [0.2, 0.25) is 0 Å². The summed E-state index contributed by atoms with van der Waals surface area (Å²) in [5.74, 6) is -0.688. The lowest BCUT2D eigenvalue weighted by Gasteiger charge is -2.22. The van der Waals surface area contributed by atoms with Gasteiger partial charge in [0.05, 0.1) is 5.56 Å². The number of esters is 1. The van der Waals surface area contributed by atoms with Crippen LogP contribution < -0.4 is 5.73 Å². The van der Waals surface area contributed by atoms with Crippen LogP contribution in [0.15, 0.2) is 18.2 Å². The molecule has 0 fully saturated rings. The van der Waals surface area contributed by atoms with Gasteiger partial charge >= 0.3 is 5.97 Å². The number of nitrogens with zero attached hydrogens (tertiary/aromatic N) is 1. The zero-order valence-electron chi connectivity index (χ0n) is 12.5. The Morgan fingerprint density at radius 1 is 1.30 bits per heavy atom. The Hall–Kier alpha value is -2.04. The summed E-state index contributed by atoms with van der Waals surface area (Å²) in [7, 11) is 0. The number of aryl methyl sites for hydroxylation is 1. The molecule has 0 aliphatic heterocycles. The molecular weight excluding hydrogens is 256 g/mol. The topological polar surface area (TPSA) is 72.6 Å². The third-order valence-corrected chi connectivity index (χ3v) is 3.18. The molecule has 0 bridgehead atoms. The molecule has 1 rings (SSSR count). The summed E-state index contributed by atoms with van der Waals surface area (Å²) in [6.07, 6.45) is -0.792. The van der Waals surface area contributed by atoms with E-state index in [4.69, 9.17) is 10.5 Å². The molecule has 5 heteroatoms. The van der Waals surface area contributed by atoms with Gasteiger partial charge < -0.3 is 15.4 Å². The fourth-order valence-electron chi connectivity index (χ4n) is 1.98. The van der Waals surface area contributed by atoms with Gasteiger partial charge in [-0.1, -0.05) is 0 Å². The molecule has 1 aromatic carbocycles. The van der Waals surface area contributed by atoms with Crippen molar-refractivity contribution >= 4 is 17.6 Å². The molecule has 2 N–H and O–H groups in total. The third-order valence-electron chi connectivity index (χ3n) is 3.18. The molecule has 0 aliphatic rings. The van der Waals surface area contributed by atoms with E-state index >= 15 is 0 Å². The number of benzene rings is 1.